The zero-order valence-electron chi connectivity index (χ0n) is 14.8. The molecule has 0 saturated carbocycles. The van der Waals surface area contributed by atoms with Gasteiger partial charge in [0.2, 0.25) is 6.79 Å². The van der Waals surface area contributed by atoms with Crippen LogP contribution in [0.4, 0.5) is 5.69 Å². The summed E-state index contributed by atoms with van der Waals surface area (Å²) in [5.41, 5.74) is 3.31. The number of benzene rings is 2. The van der Waals surface area contributed by atoms with Crippen molar-refractivity contribution in [2.75, 3.05) is 38.9 Å². The lowest BCUT2D eigenvalue weighted by Gasteiger charge is -2.26. The van der Waals surface area contributed by atoms with Crippen LogP contribution < -0.4 is 19.3 Å². The molecule has 0 spiro atoms. The lowest BCUT2D eigenvalue weighted by Crippen LogP contribution is -3.10. The van der Waals surface area contributed by atoms with E-state index in [1.165, 1.54) is 29.0 Å². The van der Waals surface area contributed by atoms with E-state index in [0.29, 0.717) is 5.75 Å². The fraction of sp³-hybridized carbons (Fsp3) is 0.400. The van der Waals surface area contributed by atoms with Gasteiger partial charge in [-0.05, 0) is 18.2 Å². The van der Waals surface area contributed by atoms with Gasteiger partial charge in [-0.1, -0.05) is 12.1 Å². The topological polar surface area (TPSA) is 46.4 Å². The largest absolute Gasteiger partial charge is 0.507 e. The molecule has 0 amide bonds. The molecule has 25 heavy (non-hydrogen) atoms. The van der Waals surface area contributed by atoms with Crippen LogP contribution in [0.2, 0.25) is 0 Å². The fourth-order valence-corrected chi connectivity index (χ4v) is 3.90. The summed E-state index contributed by atoms with van der Waals surface area (Å²) < 4.78 is 10.9. The number of hydrogen-bond donors (Lipinski definition) is 2. The number of fused-ring (bicyclic) bond motifs is 1. The van der Waals surface area contributed by atoms with Crippen molar-refractivity contribution in [3.05, 3.63) is 47.5 Å². The van der Waals surface area contributed by atoms with Crippen molar-refractivity contribution < 1.29 is 19.5 Å². The van der Waals surface area contributed by atoms with Gasteiger partial charge in [0.1, 0.15) is 11.8 Å². The van der Waals surface area contributed by atoms with E-state index < -0.39 is 0 Å². The number of hydrogen-bond acceptors (Lipinski definition) is 4. The van der Waals surface area contributed by atoms with Crippen LogP contribution in [0.5, 0.6) is 17.2 Å². The summed E-state index contributed by atoms with van der Waals surface area (Å²) in [7, 11) is 4.09. The first kappa shape index (κ1) is 16.1. The number of ether oxygens (including phenoxy) is 2. The molecule has 0 aliphatic carbocycles. The number of quaternary nitrogens is 1. The highest BCUT2D eigenvalue weighted by Gasteiger charge is 2.32. The highest BCUT2D eigenvalue weighted by Crippen LogP contribution is 2.40. The number of rotatable bonds is 4. The van der Waals surface area contributed by atoms with Crippen LogP contribution in [0.25, 0.3) is 0 Å². The normalized spacial score (nSPS) is 17.7. The van der Waals surface area contributed by atoms with Crippen molar-refractivity contribution in [1.29, 1.82) is 0 Å². The zero-order valence-corrected chi connectivity index (χ0v) is 14.8. The summed E-state index contributed by atoms with van der Waals surface area (Å²) in [6.45, 7) is 2.46. The van der Waals surface area contributed by atoms with E-state index in [2.05, 4.69) is 29.2 Å². The second-order valence-electron chi connectivity index (χ2n) is 7.05. The molecule has 2 heterocycles. The highest BCUT2D eigenvalue weighted by molar-refractivity contribution is 5.54. The number of nitrogens with one attached hydrogen (secondary N) is 1. The van der Waals surface area contributed by atoms with Crippen molar-refractivity contribution in [3.63, 3.8) is 0 Å². The summed E-state index contributed by atoms with van der Waals surface area (Å²) in [5.74, 6) is 1.63. The van der Waals surface area contributed by atoms with Crippen LogP contribution in [-0.4, -0.2) is 39.1 Å². The van der Waals surface area contributed by atoms with E-state index >= 15 is 0 Å². The Hall–Kier alpha value is -2.40. The molecule has 4 rings (SSSR count). The van der Waals surface area contributed by atoms with Crippen LogP contribution in [0.1, 0.15) is 30.0 Å². The third-order valence-corrected chi connectivity index (χ3v) is 5.23. The van der Waals surface area contributed by atoms with Gasteiger partial charge in [-0.25, -0.2) is 0 Å². The van der Waals surface area contributed by atoms with Crippen molar-refractivity contribution in [2.24, 2.45) is 0 Å². The average Bonchev–Trinajstić information content (AvgIpc) is 3.27. The first-order chi connectivity index (χ1) is 12.1. The lowest BCUT2D eigenvalue weighted by atomic mass is 9.95. The molecule has 0 radical (unpaired) electrons. The van der Waals surface area contributed by atoms with E-state index in [1.54, 1.807) is 6.07 Å². The maximum atomic E-state index is 10.7. The summed E-state index contributed by atoms with van der Waals surface area (Å²) in [5, 5.41) is 10.7. The minimum Gasteiger partial charge on any atom is -0.507 e. The second-order valence-corrected chi connectivity index (χ2v) is 7.05. The van der Waals surface area contributed by atoms with Crippen molar-refractivity contribution in [1.82, 2.24) is 0 Å². The maximum Gasteiger partial charge on any atom is 0.231 e. The van der Waals surface area contributed by atoms with Gasteiger partial charge in [0.25, 0.3) is 0 Å². The Bertz CT molecular complexity index is 752. The fourth-order valence-electron chi connectivity index (χ4n) is 3.90. The van der Waals surface area contributed by atoms with Crippen LogP contribution in [0.3, 0.4) is 0 Å². The van der Waals surface area contributed by atoms with Gasteiger partial charge < -0.3 is 24.4 Å². The number of aromatic hydroxyl groups is 1. The highest BCUT2D eigenvalue weighted by atomic mass is 16.7. The summed E-state index contributed by atoms with van der Waals surface area (Å²) in [6, 6.07) is 12.4. The second kappa shape index (κ2) is 6.48. The lowest BCUT2D eigenvalue weighted by molar-refractivity contribution is -0.913. The van der Waals surface area contributed by atoms with Gasteiger partial charge in [0, 0.05) is 44.3 Å². The third kappa shape index (κ3) is 3.00. The molecule has 0 bridgehead atoms. The Labute approximate surface area is 148 Å². The number of nitrogens with zero attached hydrogens (tertiary/aromatic N) is 1. The number of anilines is 1. The van der Waals surface area contributed by atoms with E-state index in [4.69, 9.17) is 9.47 Å². The molecule has 1 atom stereocenters. The van der Waals surface area contributed by atoms with Crippen LogP contribution in [-0.2, 0) is 0 Å². The SMILES string of the molecule is CN(C)c1ccc([C@@H](c2cc3c(cc2O)OCO3)[NH+]2CCCC2)cc1. The van der Waals surface area contributed by atoms with E-state index in [0.717, 1.165) is 24.4 Å². The summed E-state index contributed by atoms with van der Waals surface area (Å²) >= 11 is 0. The number of likely N-dealkylation sites (tertiary alicyclic amines) is 1. The summed E-state index contributed by atoms with van der Waals surface area (Å²) in [4.78, 5) is 3.59. The standard InChI is InChI=1S/C20H24N2O3/c1-21(2)15-7-5-14(6-8-15)20(22-9-3-4-10-22)16-11-18-19(12-17(16)23)25-13-24-18/h5-8,11-12,20,23H,3-4,9-10,13H2,1-2H3/p+1/t20-/m0/s1. The molecule has 1 saturated heterocycles. The van der Waals surface area contributed by atoms with Gasteiger partial charge in [0.05, 0.1) is 18.7 Å². The molecule has 1 fully saturated rings. The minimum atomic E-state index is 0.105. The van der Waals surface area contributed by atoms with Crippen molar-refractivity contribution in [2.45, 2.75) is 18.9 Å². The maximum absolute atomic E-state index is 10.7. The van der Waals surface area contributed by atoms with Crippen LogP contribution in [0, 0.1) is 0 Å². The molecule has 0 aromatic heterocycles. The Morgan fingerprint density at radius 1 is 1.00 bits per heavy atom. The predicted molar refractivity (Wildman–Crippen MR) is 96.8 cm³/mol. The Morgan fingerprint density at radius 2 is 1.64 bits per heavy atom. The molecule has 5 nitrogen and oxygen atoms in total. The molecule has 132 valence electrons. The van der Waals surface area contributed by atoms with Gasteiger partial charge >= 0.3 is 0 Å². The molecular formula is C20H25N2O3+. The van der Waals surface area contributed by atoms with Gasteiger partial charge in [0.15, 0.2) is 11.5 Å². The number of phenolic OH excluding ortho intramolecular Hbond substituents is 1. The minimum absolute atomic E-state index is 0.105. The van der Waals surface area contributed by atoms with Crippen LogP contribution >= 0.6 is 0 Å². The monoisotopic (exact) mass is 341 g/mol. The van der Waals surface area contributed by atoms with E-state index in [9.17, 15) is 5.11 Å². The first-order valence-corrected chi connectivity index (χ1v) is 8.88. The quantitative estimate of drug-likeness (QED) is 0.892. The predicted octanol–water partition coefficient (Wildman–Crippen LogP) is 1.96. The smallest absolute Gasteiger partial charge is 0.231 e. The third-order valence-electron chi connectivity index (χ3n) is 5.23. The molecule has 2 N–H and O–H groups in total. The molecular weight excluding hydrogens is 316 g/mol. The van der Waals surface area contributed by atoms with Crippen molar-refractivity contribution in [3.8, 4) is 17.2 Å². The Morgan fingerprint density at radius 3 is 2.28 bits per heavy atom. The molecule has 2 aromatic carbocycles. The van der Waals surface area contributed by atoms with Gasteiger partial charge in [-0.15, -0.1) is 0 Å². The van der Waals surface area contributed by atoms with E-state index in [-0.39, 0.29) is 18.6 Å². The Balaban J connectivity index is 1.76. The number of phenols is 1. The Kier molecular flexibility index (Phi) is 4.17. The molecule has 5 heteroatoms. The van der Waals surface area contributed by atoms with Gasteiger partial charge in [-0.3, -0.25) is 0 Å². The zero-order chi connectivity index (χ0) is 17.4. The molecule has 2 aliphatic rings. The first-order valence-electron chi connectivity index (χ1n) is 8.88. The van der Waals surface area contributed by atoms with Crippen LogP contribution in [0.15, 0.2) is 36.4 Å². The average molecular weight is 341 g/mol. The molecule has 0 unspecified atom stereocenters. The van der Waals surface area contributed by atoms with Crippen molar-refractivity contribution >= 4 is 5.69 Å². The van der Waals surface area contributed by atoms with Gasteiger partial charge in [-0.2, -0.15) is 0 Å². The molecule has 2 aliphatic heterocycles. The molecule has 2 aromatic rings. The summed E-state index contributed by atoms with van der Waals surface area (Å²) in [6.07, 6.45) is 2.46. The van der Waals surface area contributed by atoms with E-state index in [1.807, 2.05) is 20.2 Å².